The normalized spacial score (nSPS) is 22.0. The van der Waals surface area contributed by atoms with E-state index in [9.17, 15) is 5.11 Å². The first-order chi connectivity index (χ1) is 9.75. The second-order valence-electron chi connectivity index (χ2n) is 4.77. The molecule has 0 aliphatic carbocycles. The lowest BCUT2D eigenvalue weighted by Crippen LogP contribution is -2.30. The number of hydrogen-bond donors (Lipinski definition) is 0. The monoisotopic (exact) mass is 265 g/mol. The molecule has 2 atom stereocenters. The molecule has 3 rings (SSSR count). The minimum Gasteiger partial charge on any atom is -0.594 e. The van der Waals surface area contributed by atoms with Gasteiger partial charge in [0, 0.05) is 5.56 Å². The number of nitrogens with zero attached hydrogens (tertiary/aromatic N) is 1. The van der Waals surface area contributed by atoms with Crippen LogP contribution >= 0.6 is 0 Å². The van der Waals surface area contributed by atoms with Crippen molar-refractivity contribution in [1.29, 1.82) is 0 Å². The van der Waals surface area contributed by atoms with Crippen LogP contribution in [0.2, 0.25) is 0 Å². The average molecular weight is 265 g/mol. The molecule has 100 valence electrons. The van der Waals surface area contributed by atoms with E-state index < -0.39 is 0 Å². The molecule has 0 N–H and O–H groups in total. The molecule has 0 bridgehead atoms. The van der Waals surface area contributed by atoms with Crippen molar-refractivity contribution in [1.82, 2.24) is 0 Å². The first-order valence-corrected chi connectivity index (χ1v) is 6.50. The molecular formula is C17H15NO2. The molecule has 1 aliphatic heterocycles. The van der Waals surface area contributed by atoms with Gasteiger partial charge in [-0.25, -0.2) is 4.58 Å². The Morgan fingerprint density at radius 1 is 0.900 bits per heavy atom. The Kier molecular flexibility index (Phi) is 3.25. The third-order valence-corrected chi connectivity index (χ3v) is 3.43. The first kappa shape index (κ1) is 12.5. The third kappa shape index (κ3) is 2.30. The van der Waals surface area contributed by atoms with Crippen LogP contribution in [-0.4, -0.2) is 11.3 Å². The largest absolute Gasteiger partial charge is 0.594 e. The highest BCUT2D eigenvalue weighted by Crippen LogP contribution is 2.38. The number of benzene rings is 2. The summed E-state index contributed by atoms with van der Waals surface area (Å²) < 4.78 is 7.21. The zero-order chi connectivity index (χ0) is 13.9. The van der Waals surface area contributed by atoms with Crippen LogP contribution in [-0.2, 0) is 4.74 Å². The molecule has 0 saturated carbocycles. The number of ether oxygens (including phenoxy) is 1. The lowest BCUT2D eigenvalue weighted by atomic mass is 9.94. The van der Waals surface area contributed by atoms with Crippen molar-refractivity contribution in [3.63, 3.8) is 0 Å². The molecule has 2 aromatic carbocycles. The summed E-state index contributed by atoms with van der Waals surface area (Å²) in [6.45, 7) is 3.96. The van der Waals surface area contributed by atoms with Gasteiger partial charge in [-0.05, 0) is 5.56 Å². The second-order valence-corrected chi connectivity index (χ2v) is 4.77. The highest BCUT2D eigenvalue weighted by molar-refractivity contribution is 5.28. The van der Waals surface area contributed by atoms with Crippen molar-refractivity contribution in [2.24, 2.45) is 0 Å². The Morgan fingerprint density at radius 2 is 1.45 bits per heavy atom. The summed E-state index contributed by atoms with van der Waals surface area (Å²) in [5.41, 5.74) is 2.04. The van der Waals surface area contributed by atoms with Gasteiger partial charge in [0.05, 0.1) is 6.10 Å². The Bertz CT molecular complexity index is 635. The van der Waals surface area contributed by atoms with E-state index in [2.05, 4.69) is 6.72 Å². The molecule has 1 heterocycles. The van der Waals surface area contributed by atoms with Crippen LogP contribution in [0.15, 0.2) is 72.8 Å². The van der Waals surface area contributed by atoms with Gasteiger partial charge in [0.2, 0.25) is 0 Å². The van der Waals surface area contributed by atoms with Crippen molar-refractivity contribution in [3.05, 3.63) is 83.9 Å². The van der Waals surface area contributed by atoms with E-state index in [0.29, 0.717) is 0 Å². The van der Waals surface area contributed by atoms with Crippen LogP contribution in [0, 0.1) is 0 Å². The Hall–Kier alpha value is -2.55. The highest BCUT2D eigenvalue weighted by Gasteiger charge is 2.33. The molecule has 0 unspecified atom stereocenters. The summed E-state index contributed by atoms with van der Waals surface area (Å²) in [7, 11) is 0. The molecule has 0 aromatic heterocycles. The predicted molar refractivity (Wildman–Crippen MR) is 74.9 cm³/mol. The van der Waals surface area contributed by atoms with Crippen LogP contribution < -0.4 is 5.11 Å². The standard InChI is InChI=1S/C17H15NO2/c1-18-12-15(19)20-17(14-10-6-3-7-11-14)16(18)13-8-4-2-5-9-13/h2-12,16-17H,1H2/t16-,17+/m1/s1. The van der Waals surface area contributed by atoms with Crippen LogP contribution in [0.25, 0.3) is 0 Å². The fraction of sp³-hybridized carbons (Fsp3) is 0.118. The predicted octanol–water partition coefficient (Wildman–Crippen LogP) is 2.37. The Balaban J connectivity index is 2.06. The maximum atomic E-state index is 11.7. The lowest BCUT2D eigenvalue weighted by molar-refractivity contribution is -0.551. The van der Waals surface area contributed by atoms with Crippen molar-refractivity contribution in [3.8, 4) is 0 Å². The van der Waals surface area contributed by atoms with Crippen molar-refractivity contribution < 1.29 is 14.4 Å². The SMILES string of the molecule is C=[N+]1C=C([O-])O[C@@H](c2ccccc2)[C@H]1c1ccccc1. The van der Waals surface area contributed by atoms with E-state index in [0.717, 1.165) is 11.1 Å². The van der Waals surface area contributed by atoms with Gasteiger partial charge >= 0.3 is 0 Å². The zero-order valence-electron chi connectivity index (χ0n) is 11.0. The molecule has 0 amide bonds. The fourth-order valence-electron chi connectivity index (χ4n) is 2.52. The molecule has 3 heteroatoms. The quantitative estimate of drug-likeness (QED) is 0.781. The Labute approximate surface area is 118 Å². The minimum atomic E-state index is -0.360. The van der Waals surface area contributed by atoms with Gasteiger partial charge in [-0.1, -0.05) is 60.7 Å². The topological polar surface area (TPSA) is 35.3 Å². The summed E-state index contributed by atoms with van der Waals surface area (Å²) in [5, 5.41) is 11.7. The first-order valence-electron chi connectivity index (χ1n) is 6.50. The van der Waals surface area contributed by atoms with Crippen LogP contribution in [0.4, 0.5) is 0 Å². The molecule has 3 nitrogen and oxygen atoms in total. The van der Waals surface area contributed by atoms with Crippen molar-refractivity contribution in [2.45, 2.75) is 12.1 Å². The molecule has 2 aromatic rings. The summed E-state index contributed by atoms with van der Waals surface area (Å²) in [6.07, 6.45) is 1.05. The maximum absolute atomic E-state index is 11.7. The highest BCUT2D eigenvalue weighted by atomic mass is 16.6. The number of hydrogen-bond acceptors (Lipinski definition) is 2. The third-order valence-electron chi connectivity index (χ3n) is 3.43. The summed E-state index contributed by atoms with van der Waals surface area (Å²) in [4.78, 5) is 0. The van der Waals surface area contributed by atoms with E-state index in [1.54, 1.807) is 4.58 Å². The van der Waals surface area contributed by atoms with Gasteiger partial charge in [0.1, 0.15) is 12.7 Å². The smallest absolute Gasteiger partial charge is 0.199 e. The fourth-order valence-corrected chi connectivity index (χ4v) is 2.52. The Morgan fingerprint density at radius 3 is 2.05 bits per heavy atom. The van der Waals surface area contributed by atoms with Crippen LogP contribution in [0.1, 0.15) is 23.3 Å². The molecule has 0 saturated heterocycles. The average Bonchev–Trinajstić information content (AvgIpc) is 2.48. The van der Waals surface area contributed by atoms with Gasteiger partial charge < -0.3 is 9.84 Å². The van der Waals surface area contributed by atoms with Gasteiger partial charge in [0.15, 0.2) is 12.2 Å². The second kappa shape index (κ2) is 5.21. The lowest BCUT2D eigenvalue weighted by Gasteiger charge is -2.34. The molecule has 1 aliphatic rings. The van der Waals surface area contributed by atoms with Gasteiger partial charge in [-0.15, -0.1) is 0 Å². The van der Waals surface area contributed by atoms with Crippen LogP contribution in [0.5, 0.6) is 0 Å². The van der Waals surface area contributed by atoms with Crippen molar-refractivity contribution >= 4 is 6.72 Å². The van der Waals surface area contributed by atoms with E-state index in [1.165, 1.54) is 6.20 Å². The van der Waals surface area contributed by atoms with E-state index in [-0.39, 0.29) is 18.1 Å². The molecule has 0 fully saturated rings. The number of rotatable bonds is 2. The minimum absolute atomic E-state index is 0.115. The maximum Gasteiger partial charge on any atom is 0.199 e. The summed E-state index contributed by atoms with van der Waals surface area (Å²) >= 11 is 0. The van der Waals surface area contributed by atoms with Gasteiger partial charge in [-0.2, -0.15) is 0 Å². The molecular weight excluding hydrogens is 250 g/mol. The summed E-state index contributed by atoms with van der Waals surface area (Å²) in [6, 6.07) is 19.6. The van der Waals surface area contributed by atoms with Gasteiger partial charge in [-0.3, -0.25) is 0 Å². The van der Waals surface area contributed by atoms with E-state index >= 15 is 0 Å². The molecule has 0 spiro atoms. The molecule has 0 radical (unpaired) electrons. The van der Waals surface area contributed by atoms with E-state index in [4.69, 9.17) is 4.74 Å². The van der Waals surface area contributed by atoms with Crippen LogP contribution in [0.3, 0.4) is 0 Å². The van der Waals surface area contributed by atoms with E-state index in [1.807, 2.05) is 60.7 Å². The van der Waals surface area contributed by atoms with Gasteiger partial charge in [0.25, 0.3) is 0 Å². The zero-order valence-corrected chi connectivity index (χ0v) is 11.0. The summed E-state index contributed by atoms with van der Waals surface area (Å²) in [5.74, 6) is -0.360. The molecule has 20 heavy (non-hydrogen) atoms. The van der Waals surface area contributed by atoms with Crippen molar-refractivity contribution in [2.75, 3.05) is 0 Å².